The number of aromatic nitrogens is 7. The Kier molecular flexibility index (Phi) is 8.77. The van der Waals surface area contributed by atoms with E-state index in [1.54, 1.807) is 63.5 Å². The van der Waals surface area contributed by atoms with Crippen molar-refractivity contribution < 1.29 is 32.0 Å². The molecular formula is C36H34F3N7O4S. The van der Waals surface area contributed by atoms with Gasteiger partial charge in [-0.1, -0.05) is 31.2 Å². The van der Waals surface area contributed by atoms with Crippen LogP contribution < -0.4 is 4.74 Å². The smallest absolute Gasteiger partial charge is 0.306 e. The Morgan fingerprint density at radius 1 is 1.14 bits per heavy atom. The van der Waals surface area contributed by atoms with Gasteiger partial charge < -0.3 is 14.8 Å². The molecule has 0 amide bonds. The van der Waals surface area contributed by atoms with Crippen LogP contribution in [0.25, 0.3) is 22.4 Å². The molecule has 6 aromatic rings. The molecule has 6 bridgehead atoms. The zero-order valence-electron chi connectivity index (χ0n) is 27.9. The summed E-state index contributed by atoms with van der Waals surface area (Å²) in [6, 6.07) is 14.7. The highest BCUT2D eigenvalue weighted by Crippen LogP contribution is 2.40. The van der Waals surface area contributed by atoms with Crippen molar-refractivity contribution in [1.29, 1.82) is 0 Å². The molecule has 2 N–H and O–H groups in total. The molecule has 0 radical (unpaired) electrons. The molecule has 3 atom stereocenters. The quantitative estimate of drug-likeness (QED) is 0.217. The zero-order valence-corrected chi connectivity index (χ0v) is 28.8. The summed E-state index contributed by atoms with van der Waals surface area (Å²) in [5.41, 5.74) is 1.38. The third-order valence-electron chi connectivity index (χ3n) is 9.37. The van der Waals surface area contributed by atoms with Gasteiger partial charge in [0.25, 0.3) is 5.92 Å². The molecule has 2 unspecified atom stereocenters. The molecule has 4 aromatic heterocycles. The second kappa shape index (κ2) is 13.1. The van der Waals surface area contributed by atoms with E-state index in [0.717, 1.165) is 5.56 Å². The second-order valence-electron chi connectivity index (χ2n) is 13.1. The number of nitrogens with zero attached hydrogens (tertiary/aromatic N) is 6. The molecular weight excluding hydrogens is 684 g/mol. The zero-order chi connectivity index (χ0) is 36.1. The third-order valence-corrected chi connectivity index (χ3v) is 10.9. The van der Waals surface area contributed by atoms with Crippen LogP contribution in [0.3, 0.4) is 0 Å². The fourth-order valence-corrected chi connectivity index (χ4v) is 7.68. The fraction of sp³-hybridized carbons (Fsp3) is 0.306. The van der Waals surface area contributed by atoms with E-state index < -0.39 is 52.9 Å². The number of halogens is 3. The molecule has 0 aliphatic carbocycles. The second-order valence-corrected chi connectivity index (χ2v) is 14.5. The maximum atomic E-state index is 15.9. The minimum Gasteiger partial charge on any atom is -0.481 e. The van der Waals surface area contributed by atoms with Gasteiger partial charge in [0.1, 0.15) is 11.5 Å². The summed E-state index contributed by atoms with van der Waals surface area (Å²) in [6.07, 6.45) is 4.18. The Balaban J connectivity index is 1.37. The number of aromatic amines is 1. The lowest BCUT2D eigenvalue weighted by Crippen LogP contribution is -2.32. The number of aryl methyl sites for hydroxylation is 1. The first-order valence-electron chi connectivity index (χ1n) is 16.3. The van der Waals surface area contributed by atoms with Gasteiger partial charge in [0.05, 0.1) is 33.6 Å². The van der Waals surface area contributed by atoms with Gasteiger partial charge in [-0.3, -0.25) is 14.5 Å². The number of pyridine rings is 1. The number of alkyl halides is 2. The van der Waals surface area contributed by atoms with E-state index in [1.165, 1.54) is 33.9 Å². The Hall–Kier alpha value is -5.31. The van der Waals surface area contributed by atoms with E-state index in [1.807, 2.05) is 6.07 Å². The Morgan fingerprint density at radius 2 is 1.96 bits per heavy atom. The molecule has 11 nitrogen and oxygen atoms in total. The van der Waals surface area contributed by atoms with Gasteiger partial charge in [0, 0.05) is 59.5 Å². The number of hydrogen-bond acceptors (Lipinski definition) is 7. The van der Waals surface area contributed by atoms with Crippen molar-refractivity contribution in [1.82, 2.24) is 34.5 Å². The van der Waals surface area contributed by atoms with Crippen molar-refractivity contribution in [2.45, 2.75) is 60.8 Å². The van der Waals surface area contributed by atoms with Crippen LogP contribution >= 0.6 is 0 Å². The topological polar surface area (TPSA) is 141 Å². The molecule has 0 fully saturated rings. The van der Waals surface area contributed by atoms with Crippen LogP contribution in [0, 0.1) is 11.7 Å². The predicted octanol–water partition coefficient (Wildman–Crippen LogP) is 6.29. The van der Waals surface area contributed by atoms with E-state index in [-0.39, 0.29) is 46.7 Å². The highest BCUT2D eigenvalue weighted by molar-refractivity contribution is 7.85. The molecule has 15 heteroatoms. The van der Waals surface area contributed by atoms with Crippen molar-refractivity contribution in [3.63, 3.8) is 0 Å². The molecule has 1 aliphatic heterocycles. The average molecular weight is 718 g/mol. The summed E-state index contributed by atoms with van der Waals surface area (Å²) in [5, 5.41) is 19.1. The van der Waals surface area contributed by atoms with Crippen molar-refractivity contribution >= 4 is 27.7 Å². The van der Waals surface area contributed by atoms with E-state index in [4.69, 9.17) is 9.72 Å². The molecule has 7 rings (SSSR count). The summed E-state index contributed by atoms with van der Waals surface area (Å²) in [5.74, 6) is -5.12. The number of carboxylic acid groups (broad SMARTS) is 1. The van der Waals surface area contributed by atoms with Gasteiger partial charge in [0.2, 0.25) is 5.88 Å². The number of carboxylic acids is 1. The van der Waals surface area contributed by atoms with Crippen LogP contribution in [-0.2, 0) is 41.0 Å². The number of aliphatic carboxylic acids is 1. The molecule has 1 aliphatic rings. The van der Waals surface area contributed by atoms with Crippen molar-refractivity contribution in [2.24, 2.45) is 13.0 Å². The maximum absolute atomic E-state index is 15.9. The van der Waals surface area contributed by atoms with Gasteiger partial charge in [-0.2, -0.15) is 5.10 Å². The normalized spacial score (nSPS) is 19.7. The molecule has 2 aromatic carbocycles. The summed E-state index contributed by atoms with van der Waals surface area (Å²) in [4.78, 5) is 24.1. The maximum Gasteiger partial charge on any atom is 0.306 e. The van der Waals surface area contributed by atoms with Crippen molar-refractivity contribution in [3.8, 4) is 17.4 Å². The number of H-pyrrole nitrogens is 1. The van der Waals surface area contributed by atoms with Gasteiger partial charge in [-0.05, 0) is 55.2 Å². The summed E-state index contributed by atoms with van der Waals surface area (Å²) in [7, 11) is -0.378. The summed E-state index contributed by atoms with van der Waals surface area (Å²) in [6.45, 7) is 2.41. The van der Waals surface area contributed by atoms with E-state index in [0.29, 0.717) is 27.7 Å². The Labute approximate surface area is 293 Å². The summed E-state index contributed by atoms with van der Waals surface area (Å²) >= 11 is 0. The van der Waals surface area contributed by atoms with E-state index in [2.05, 4.69) is 20.2 Å². The predicted molar refractivity (Wildman–Crippen MR) is 182 cm³/mol. The monoisotopic (exact) mass is 717 g/mol. The fourth-order valence-electron chi connectivity index (χ4n) is 6.41. The van der Waals surface area contributed by atoms with Crippen LogP contribution in [0.4, 0.5) is 13.2 Å². The third kappa shape index (κ3) is 6.65. The first kappa shape index (κ1) is 34.2. The van der Waals surface area contributed by atoms with Crippen LogP contribution in [0.15, 0.2) is 83.0 Å². The lowest BCUT2D eigenvalue weighted by Gasteiger charge is -2.30. The standard InChI is InChI=1S/C36H34F3N7O4S/c1-21(33(47)48)15-22-5-4-6-23(16-22)35(2)10-11-36(38,39)20-50-30-9-14-46(43-30)19-26-25-8-13-40-28(25)18-27(37)31(26)51(49)24-7-12-41-29(17-24)32-42-34(35)44-45(32)3/h4-9,12-14,16-18,21,40H,10-11,15,19-20H2,1-3H3,(H,47,48)/t21-,35?,51?/m0/s1. The lowest BCUT2D eigenvalue weighted by atomic mass is 9.76. The van der Waals surface area contributed by atoms with Crippen LogP contribution in [0.5, 0.6) is 5.88 Å². The molecule has 0 spiro atoms. The molecule has 264 valence electrons. The van der Waals surface area contributed by atoms with Crippen LogP contribution in [0.1, 0.15) is 49.2 Å². The minimum absolute atomic E-state index is 0.0137. The number of nitrogens with one attached hydrogen (secondary N) is 1. The molecule has 0 saturated carbocycles. The highest BCUT2D eigenvalue weighted by atomic mass is 32.2. The van der Waals surface area contributed by atoms with Gasteiger partial charge in [-0.25, -0.2) is 27.0 Å². The Bertz CT molecular complexity index is 2300. The van der Waals surface area contributed by atoms with Crippen molar-refractivity contribution in [2.75, 3.05) is 6.61 Å². The minimum atomic E-state index is -3.29. The lowest BCUT2D eigenvalue weighted by molar-refractivity contribution is -0.141. The number of hydrogen-bond donors (Lipinski definition) is 2. The number of rotatable bonds is 4. The molecule has 0 saturated heterocycles. The first-order chi connectivity index (χ1) is 24.3. The number of benzene rings is 2. The number of fused-ring (bicyclic) bond motifs is 10. The van der Waals surface area contributed by atoms with E-state index in [9.17, 15) is 14.1 Å². The summed E-state index contributed by atoms with van der Waals surface area (Å²) < 4.78 is 69.8. The highest BCUT2D eigenvalue weighted by Gasteiger charge is 2.40. The largest absolute Gasteiger partial charge is 0.481 e. The Morgan fingerprint density at radius 3 is 2.76 bits per heavy atom. The van der Waals surface area contributed by atoms with Crippen molar-refractivity contribution in [3.05, 3.63) is 102 Å². The van der Waals surface area contributed by atoms with E-state index >= 15 is 13.2 Å². The SMILES string of the molecule is C[C@@H](Cc1cccc(C2(C)CCC(F)(F)COc3ccn(n3)Cc3c(c(F)cc4[nH]ccc34)S(=O)c3ccnc(c3)-c3nc2nn3C)c1)C(=O)O. The van der Waals surface area contributed by atoms with Crippen LogP contribution in [0.2, 0.25) is 0 Å². The molecule has 5 heterocycles. The average Bonchev–Trinajstić information content (AvgIpc) is 3.86. The van der Waals surface area contributed by atoms with Gasteiger partial charge in [-0.15, -0.1) is 5.10 Å². The number of ether oxygens (including phenoxy) is 1. The number of carbonyl (C=O) groups is 1. The van der Waals surface area contributed by atoms with Gasteiger partial charge >= 0.3 is 5.97 Å². The van der Waals surface area contributed by atoms with Crippen LogP contribution in [-0.4, -0.2) is 62.3 Å². The molecule has 51 heavy (non-hydrogen) atoms. The first-order valence-corrected chi connectivity index (χ1v) is 17.4. The van der Waals surface area contributed by atoms with Gasteiger partial charge in [0.15, 0.2) is 18.3 Å².